The van der Waals surface area contributed by atoms with Gasteiger partial charge in [-0.3, -0.25) is 0 Å². The van der Waals surface area contributed by atoms with E-state index in [2.05, 4.69) is 6.07 Å². The molecular weight excluding hydrogens is 203 g/mol. The monoisotopic (exact) mass is 211 g/mol. The quantitative estimate of drug-likeness (QED) is 0.592. The number of halogens is 1. The van der Waals surface area contributed by atoms with Gasteiger partial charge in [0.1, 0.15) is 17.2 Å². The number of fused-ring (bicyclic) bond motifs is 1. The average molecular weight is 211 g/mol. The van der Waals surface area contributed by atoms with Crippen molar-refractivity contribution >= 4 is 11.0 Å². The van der Waals surface area contributed by atoms with Crippen LogP contribution in [0.2, 0.25) is 0 Å². The lowest BCUT2D eigenvalue weighted by Crippen LogP contribution is -1.75. The summed E-state index contributed by atoms with van der Waals surface area (Å²) in [6.45, 7) is 0. The highest BCUT2D eigenvalue weighted by Crippen LogP contribution is 2.27. The largest absolute Gasteiger partial charge is 0.456 e. The predicted octanol–water partition coefficient (Wildman–Crippen LogP) is 4.04. The van der Waals surface area contributed by atoms with Crippen molar-refractivity contribution < 1.29 is 8.81 Å². The van der Waals surface area contributed by atoms with E-state index in [0.29, 0.717) is 5.76 Å². The highest BCUT2D eigenvalue weighted by molar-refractivity contribution is 5.82. The van der Waals surface area contributed by atoms with Gasteiger partial charge in [-0.1, -0.05) is 18.2 Å². The van der Waals surface area contributed by atoms with Gasteiger partial charge in [-0.2, -0.15) is 0 Å². The minimum Gasteiger partial charge on any atom is -0.456 e. The molecule has 0 saturated heterocycles. The van der Waals surface area contributed by atoms with Gasteiger partial charge in [-0.15, -0.1) is 0 Å². The van der Waals surface area contributed by atoms with Crippen LogP contribution in [0.4, 0.5) is 4.39 Å². The number of hydrogen-bond acceptors (Lipinski definition) is 1. The molecule has 3 aromatic rings. The molecule has 1 radical (unpaired) electrons. The molecule has 0 bridgehead atoms. The molecule has 0 aliphatic heterocycles. The summed E-state index contributed by atoms with van der Waals surface area (Å²) < 4.78 is 18.7. The third-order valence-corrected chi connectivity index (χ3v) is 2.47. The summed E-state index contributed by atoms with van der Waals surface area (Å²) in [4.78, 5) is 0. The van der Waals surface area contributed by atoms with E-state index >= 15 is 0 Å². The molecule has 16 heavy (non-hydrogen) atoms. The molecule has 0 N–H and O–H groups in total. The van der Waals surface area contributed by atoms with Crippen LogP contribution < -0.4 is 0 Å². The van der Waals surface area contributed by atoms with Gasteiger partial charge < -0.3 is 4.42 Å². The Balaban J connectivity index is 2.19. The lowest BCUT2D eigenvalue weighted by molar-refractivity contribution is 0.618. The standard InChI is InChI=1S/C14H8FO/c15-12-6-3-5-10(8-12)14-9-11-4-1-2-7-13(11)16-14/h2-9H. The van der Waals surface area contributed by atoms with Crippen molar-refractivity contribution in [1.29, 1.82) is 0 Å². The van der Waals surface area contributed by atoms with Crippen molar-refractivity contribution in [3.63, 3.8) is 0 Å². The van der Waals surface area contributed by atoms with E-state index in [-0.39, 0.29) is 5.82 Å². The number of hydrogen-bond donors (Lipinski definition) is 0. The van der Waals surface area contributed by atoms with Crippen LogP contribution in [0.1, 0.15) is 0 Å². The molecule has 0 aliphatic carbocycles. The zero-order chi connectivity index (χ0) is 11.0. The number of furan rings is 1. The van der Waals surface area contributed by atoms with E-state index in [4.69, 9.17) is 4.42 Å². The second kappa shape index (κ2) is 3.49. The second-order valence-electron chi connectivity index (χ2n) is 3.58. The van der Waals surface area contributed by atoms with Gasteiger partial charge in [0.25, 0.3) is 0 Å². The smallest absolute Gasteiger partial charge is 0.135 e. The number of rotatable bonds is 1. The molecule has 2 aromatic carbocycles. The molecular formula is C14H8FO. The predicted molar refractivity (Wildman–Crippen MR) is 60.4 cm³/mol. The molecule has 1 nitrogen and oxygen atoms in total. The fraction of sp³-hybridized carbons (Fsp3) is 0. The minimum absolute atomic E-state index is 0.260. The fourth-order valence-electron chi connectivity index (χ4n) is 1.71. The van der Waals surface area contributed by atoms with E-state index in [9.17, 15) is 4.39 Å². The fourth-order valence-corrected chi connectivity index (χ4v) is 1.71. The highest BCUT2D eigenvalue weighted by Gasteiger charge is 2.05. The first kappa shape index (κ1) is 9.16. The molecule has 0 fully saturated rings. The molecule has 2 heteroatoms. The van der Waals surface area contributed by atoms with Gasteiger partial charge in [-0.05, 0) is 36.4 Å². The Kier molecular flexibility index (Phi) is 2.00. The van der Waals surface area contributed by atoms with Crippen LogP contribution in [-0.4, -0.2) is 0 Å². The van der Waals surface area contributed by atoms with Crippen molar-refractivity contribution in [3.8, 4) is 11.3 Å². The van der Waals surface area contributed by atoms with Crippen LogP contribution in [0, 0.1) is 11.9 Å². The van der Waals surface area contributed by atoms with E-state index in [1.807, 2.05) is 24.3 Å². The third kappa shape index (κ3) is 1.48. The molecule has 0 amide bonds. The van der Waals surface area contributed by atoms with Gasteiger partial charge in [-0.25, -0.2) is 4.39 Å². The van der Waals surface area contributed by atoms with Crippen LogP contribution >= 0.6 is 0 Å². The van der Waals surface area contributed by atoms with Crippen molar-refractivity contribution in [2.24, 2.45) is 0 Å². The summed E-state index contributed by atoms with van der Waals surface area (Å²) >= 11 is 0. The van der Waals surface area contributed by atoms with E-state index in [0.717, 1.165) is 16.5 Å². The Morgan fingerprint density at radius 2 is 2.06 bits per heavy atom. The molecule has 1 aromatic heterocycles. The van der Waals surface area contributed by atoms with E-state index < -0.39 is 0 Å². The molecule has 3 rings (SSSR count). The Morgan fingerprint density at radius 1 is 1.12 bits per heavy atom. The normalized spacial score (nSPS) is 10.8. The summed E-state index contributed by atoms with van der Waals surface area (Å²) in [6, 6.07) is 16.7. The summed E-state index contributed by atoms with van der Waals surface area (Å²) in [5.41, 5.74) is 1.54. The highest BCUT2D eigenvalue weighted by atomic mass is 19.1. The first-order chi connectivity index (χ1) is 7.83. The van der Waals surface area contributed by atoms with Gasteiger partial charge in [0.05, 0.1) is 0 Å². The van der Waals surface area contributed by atoms with Crippen LogP contribution in [-0.2, 0) is 0 Å². The first-order valence-corrected chi connectivity index (χ1v) is 4.98. The average Bonchev–Trinajstić information content (AvgIpc) is 2.72. The summed E-state index contributed by atoms with van der Waals surface area (Å²) in [5, 5.41) is 0.974. The summed E-state index contributed by atoms with van der Waals surface area (Å²) in [6.07, 6.45) is 0. The van der Waals surface area contributed by atoms with Gasteiger partial charge in [0.2, 0.25) is 0 Å². The summed E-state index contributed by atoms with van der Waals surface area (Å²) in [5.74, 6) is 0.415. The van der Waals surface area contributed by atoms with Crippen LogP contribution in [0.5, 0.6) is 0 Å². The molecule has 77 valence electrons. The van der Waals surface area contributed by atoms with Gasteiger partial charge in [0, 0.05) is 10.9 Å². The minimum atomic E-state index is -0.260. The lowest BCUT2D eigenvalue weighted by atomic mass is 10.1. The second-order valence-corrected chi connectivity index (χ2v) is 3.58. The maximum atomic E-state index is 13.1. The molecule has 0 spiro atoms. The topological polar surface area (TPSA) is 13.1 Å². The SMILES string of the molecule is Fc1cccc(-c2cc3c[c]ccc3o2)c1. The van der Waals surface area contributed by atoms with Crippen molar-refractivity contribution in [1.82, 2.24) is 0 Å². The molecule has 0 atom stereocenters. The Hall–Kier alpha value is -2.09. The zero-order valence-corrected chi connectivity index (χ0v) is 8.41. The first-order valence-electron chi connectivity index (χ1n) is 4.98. The van der Waals surface area contributed by atoms with Crippen LogP contribution in [0.3, 0.4) is 0 Å². The van der Waals surface area contributed by atoms with E-state index in [1.165, 1.54) is 12.1 Å². The lowest BCUT2D eigenvalue weighted by Gasteiger charge is -1.95. The Morgan fingerprint density at radius 3 is 2.88 bits per heavy atom. The Bertz CT molecular complexity index is 607. The molecule has 0 aliphatic rings. The van der Waals surface area contributed by atoms with Crippen LogP contribution in [0.25, 0.3) is 22.3 Å². The third-order valence-electron chi connectivity index (χ3n) is 2.47. The maximum Gasteiger partial charge on any atom is 0.135 e. The molecule has 0 unspecified atom stereocenters. The molecule has 1 heterocycles. The van der Waals surface area contributed by atoms with Crippen molar-refractivity contribution in [3.05, 3.63) is 60.4 Å². The zero-order valence-electron chi connectivity index (χ0n) is 8.41. The number of benzene rings is 2. The van der Waals surface area contributed by atoms with Crippen molar-refractivity contribution in [2.45, 2.75) is 0 Å². The van der Waals surface area contributed by atoms with E-state index in [1.54, 1.807) is 12.1 Å². The molecule has 0 saturated carbocycles. The van der Waals surface area contributed by atoms with Crippen molar-refractivity contribution in [2.75, 3.05) is 0 Å². The van der Waals surface area contributed by atoms with Gasteiger partial charge >= 0.3 is 0 Å². The summed E-state index contributed by atoms with van der Waals surface area (Å²) in [7, 11) is 0. The Labute approximate surface area is 92.1 Å². The van der Waals surface area contributed by atoms with Gasteiger partial charge in [0.15, 0.2) is 0 Å². The van der Waals surface area contributed by atoms with Crippen LogP contribution in [0.15, 0.2) is 52.9 Å². The maximum absolute atomic E-state index is 13.1.